The minimum Gasteiger partial charge on any atom is -0.454 e. The highest BCUT2D eigenvalue weighted by Crippen LogP contribution is 2.44. The van der Waals surface area contributed by atoms with Crippen molar-refractivity contribution in [1.82, 2.24) is 14.8 Å². The molecule has 0 radical (unpaired) electrons. The molecule has 0 saturated carbocycles. The van der Waals surface area contributed by atoms with Gasteiger partial charge < -0.3 is 24.3 Å². The lowest BCUT2D eigenvalue weighted by Crippen LogP contribution is -2.63. The molecule has 7 nitrogen and oxygen atoms in total. The Hall–Kier alpha value is -3.48. The number of carbonyl (C=O) groups is 2. The molecular weight excluding hydrogens is 406 g/mol. The van der Waals surface area contributed by atoms with E-state index in [0.29, 0.717) is 24.5 Å². The summed E-state index contributed by atoms with van der Waals surface area (Å²) in [5.41, 5.74) is 4.02. The Labute approximate surface area is 185 Å². The van der Waals surface area contributed by atoms with Gasteiger partial charge in [0.05, 0.1) is 12.6 Å². The zero-order valence-electron chi connectivity index (χ0n) is 18.0. The average molecular weight is 431 g/mol. The minimum atomic E-state index is -0.504. The number of hydrogen-bond donors (Lipinski definition) is 1. The first-order valence-electron chi connectivity index (χ1n) is 11.2. The van der Waals surface area contributed by atoms with Gasteiger partial charge in [-0.05, 0) is 35.7 Å². The number of amides is 2. The quantitative estimate of drug-likeness (QED) is 0.687. The normalized spacial score (nSPS) is 21.8. The van der Waals surface area contributed by atoms with Gasteiger partial charge in [-0.2, -0.15) is 0 Å². The third-order valence-corrected chi connectivity index (χ3v) is 6.84. The molecule has 2 aromatic carbocycles. The largest absolute Gasteiger partial charge is 0.454 e. The molecule has 0 spiro atoms. The van der Waals surface area contributed by atoms with Crippen LogP contribution < -0.4 is 9.47 Å². The first-order valence-corrected chi connectivity index (χ1v) is 11.2. The van der Waals surface area contributed by atoms with Crippen molar-refractivity contribution in [3.05, 3.63) is 59.3 Å². The summed E-state index contributed by atoms with van der Waals surface area (Å²) >= 11 is 0. The topological polar surface area (TPSA) is 74.9 Å². The minimum absolute atomic E-state index is 0.0160. The van der Waals surface area contributed by atoms with Gasteiger partial charge in [0, 0.05) is 29.6 Å². The van der Waals surface area contributed by atoms with Gasteiger partial charge in [-0.15, -0.1) is 0 Å². The van der Waals surface area contributed by atoms with Crippen molar-refractivity contribution in [1.29, 1.82) is 0 Å². The summed E-state index contributed by atoms with van der Waals surface area (Å²) in [7, 11) is 0. The molecule has 1 unspecified atom stereocenters. The Kier molecular flexibility index (Phi) is 4.38. The summed E-state index contributed by atoms with van der Waals surface area (Å²) in [6, 6.07) is 13.0. The lowest BCUT2D eigenvalue weighted by molar-refractivity contribution is -0.158. The molecule has 1 aromatic heterocycles. The summed E-state index contributed by atoms with van der Waals surface area (Å²) in [6.45, 7) is 3.04. The number of nitrogens with zero attached hydrogens (tertiary/aromatic N) is 2. The Morgan fingerprint density at radius 3 is 2.81 bits per heavy atom. The lowest BCUT2D eigenvalue weighted by atomic mass is 9.86. The summed E-state index contributed by atoms with van der Waals surface area (Å²) in [5.74, 6) is 1.39. The predicted octanol–water partition coefficient (Wildman–Crippen LogP) is 3.38. The van der Waals surface area contributed by atoms with E-state index in [4.69, 9.17) is 9.47 Å². The fourth-order valence-corrected chi connectivity index (χ4v) is 5.29. The van der Waals surface area contributed by atoms with E-state index in [2.05, 4.69) is 18.0 Å². The monoisotopic (exact) mass is 431 g/mol. The second kappa shape index (κ2) is 7.29. The van der Waals surface area contributed by atoms with Crippen LogP contribution in [-0.4, -0.2) is 52.5 Å². The van der Waals surface area contributed by atoms with E-state index < -0.39 is 6.04 Å². The zero-order valence-corrected chi connectivity index (χ0v) is 18.0. The average Bonchev–Trinajstić information content (AvgIpc) is 3.43. The molecule has 1 fully saturated rings. The number of para-hydroxylation sites is 1. The maximum atomic E-state index is 13.5. The fraction of sp³-hybridized carbons (Fsp3) is 0.360. The van der Waals surface area contributed by atoms with Crippen LogP contribution >= 0.6 is 0 Å². The van der Waals surface area contributed by atoms with Crippen LogP contribution in [0, 0.1) is 0 Å². The van der Waals surface area contributed by atoms with Crippen LogP contribution in [0.15, 0.2) is 42.5 Å². The Morgan fingerprint density at radius 2 is 1.94 bits per heavy atom. The summed E-state index contributed by atoms with van der Waals surface area (Å²) in [5, 5.41) is 1.11. The summed E-state index contributed by atoms with van der Waals surface area (Å²) in [4.78, 5) is 34.1. The molecule has 1 saturated heterocycles. The highest BCUT2D eigenvalue weighted by atomic mass is 16.7. The molecule has 3 aliphatic rings. The maximum Gasteiger partial charge on any atom is 0.246 e. The highest BCUT2D eigenvalue weighted by molar-refractivity contribution is 5.97. The van der Waals surface area contributed by atoms with Crippen molar-refractivity contribution < 1.29 is 19.1 Å². The van der Waals surface area contributed by atoms with Crippen LogP contribution in [-0.2, 0) is 16.0 Å². The number of nitrogens with one attached hydrogen (secondary N) is 1. The van der Waals surface area contributed by atoms with Crippen molar-refractivity contribution in [2.45, 2.75) is 38.3 Å². The first kappa shape index (κ1) is 19.2. The Balaban J connectivity index is 1.51. The van der Waals surface area contributed by atoms with Gasteiger partial charge in [-0.25, -0.2) is 0 Å². The molecule has 6 rings (SSSR count). The number of hydrogen-bond acceptors (Lipinski definition) is 4. The van der Waals surface area contributed by atoms with Crippen LogP contribution in [0.5, 0.6) is 11.5 Å². The lowest BCUT2D eigenvalue weighted by Gasteiger charge is -2.47. The number of fused-ring (bicyclic) bond motifs is 5. The number of piperazine rings is 1. The molecule has 7 heteroatoms. The van der Waals surface area contributed by atoms with Gasteiger partial charge in [-0.3, -0.25) is 9.59 Å². The van der Waals surface area contributed by atoms with Crippen LogP contribution in [0.2, 0.25) is 0 Å². The van der Waals surface area contributed by atoms with Crippen molar-refractivity contribution in [3.63, 3.8) is 0 Å². The first-order chi connectivity index (χ1) is 15.7. The number of aromatic nitrogens is 1. The molecule has 4 heterocycles. The SMILES string of the molecule is CCCCN1CC(=O)N2C(Cc3c([nH]c4ccccc34)[C@@H]2c2ccc3c(c2)OCO3)C1=O. The smallest absolute Gasteiger partial charge is 0.246 e. The van der Waals surface area contributed by atoms with Crippen molar-refractivity contribution >= 4 is 22.7 Å². The number of carbonyl (C=O) groups excluding carboxylic acids is 2. The van der Waals surface area contributed by atoms with Gasteiger partial charge in [-0.1, -0.05) is 37.6 Å². The molecule has 2 atom stereocenters. The number of unbranched alkanes of at least 4 members (excludes halogenated alkanes) is 1. The van der Waals surface area contributed by atoms with Crippen LogP contribution in [0.25, 0.3) is 10.9 Å². The maximum absolute atomic E-state index is 13.5. The zero-order chi connectivity index (χ0) is 21.8. The number of ether oxygens (including phenoxy) is 2. The van der Waals surface area contributed by atoms with Gasteiger partial charge in [0.25, 0.3) is 0 Å². The highest BCUT2D eigenvalue weighted by Gasteiger charge is 2.48. The second-order valence-corrected chi connectivity index (χ2v) is 8.71. The van der Waals surface area contributed by atoms with E-state index in [1.165, 1.54) is 0 Å². The third kappa shape index (κ3) is 2.80. The van der Waals surface area contributed by atoms with Crippen LogP contribution in [0.4, 0.5) is 0 Å². The Bertz CT molecular complexity index is 1230. The molecule has 2 amide bonds. The van der Waals surface area contributed by atoms with E-state index in [9.17, 15) is 9.59 Å². The van der Waals surface area contributed by atoms with Crippen molar-refractivity contribution in [2.75, 3.05) is 19.9 Å². The van der Waals surface area contributed by atoms with Gasteiger partial charge in [0.15, 0.2) is 11.5 Å². The van der Waals surface area contributed by atoms with Gasteiger partial charge in [0.2, 0.25) is 18.6 Å². The number of rotatable bonds is 4. The molecular formula is C25H25N3O4. The van der Waals surface area contributed by atoms with E-state index in [-0.39, 0.29) is 31.2 Å². The summed E-state index contributed by atoms with van der Waals surface area (Å²) in [6.07, 6.45) is 2.40. The second-order valence-electron chi connectivity index (χ2n) is 8.71. The van der Waals surface area contributed by atoms with Crippen LogP contribution in [0.1, 0.15) is 42.6 Å². The molecule has 164 valence electrons. The predicted molar refractivity (Wildman–Crippen MR) is 119 cm³/mol. The summed E-state index contributed by atoms with van der Waals surface area (Å²) < 4.78 is 11.1. The van der Waals surface area contributed by atoms with Crippen LogP contribution in [0.3, 0.4) is 0 Å². The van der Waals surface area contributed by atoms with E-state index in [1.807, 2.05) is 36.4 Å². The molecule has 3 aromatic rings. The number of benzene rings is 2. The van der Waals surface area contributed by atoms with E-state index in [0.717, 1.165) is 40.6 Å². The molecule has 3 aliphatic heterocycles. The molecule has 1 N–H and O–H groups in total. The van der Waals surface area contributed by atoms with Crippen molar-refractivity contribution in [2.24, 2.45) is 0 Å². The number of H-pyrrole nitrogens is 1. The molecule has 0 bridgehead atoms. The van der Waals surface area contributed by atoms with Crippen molar-refractivity contribution in [3.8, 4) is 11.5 Å². The van der Waals surface area contributed by atoms with E-state index >= 15 is 0 Å². The van der Waals surface area contributed by atoms with Gasteiger partial charge >= 0.3 is 0 Å². The standard InChI is InChI=1S/C25H25N3O4/c1-2-3-10-27-13-22(29)28-19(25(27)30)12-17-16-6-4-5-7-18(16)26-23(17)24(28)15-8-9-20-21(11-15)32-14-31-20/h4-9,11,19,24,26H,2-3,10,12-14H2,1H3/t19?,24-/m0/s1. The number of aromatic amines is 1. The third-order valence-electron chi connectivity index (χ3n) is 6.84. The van der Waals surface area contributed by atoms with E-state index in [1.54, 1.807) is 9.80 Å². The molecule has 0 aliphatic carbocycles. The fourth-order valence-electron chi connectivity index (χ4n) is 5.29. The van der Waals surface area contributed by atoms with Gasteiger partial charge in [0.1, 0.15) is 6.04 Å². The Morgan fingerprint density at radius 1 is 1.09 bits per heavy atom. The molecule has 32 heavy (non-hydrogen) atoms.